The average Bonchev–Trinajstić information content (AvgIpc) is 2.64. The zero-order chi connectivity index (χ0) is 18.5. The minimum atomic E-state index is -0.473. The van der Waals surface area contributed by atoms with Crippen molar-refractivity contribution in [3.63, 3.8) is 0 Å². The van der Waals surface area contributed by atoms with E-state index < -0.39 is 4.92 Å². The lowest BCUT2D eigenvalue weighted by atomic mass is 10.2. The maximum Gasteiger partial charge on any atom is 0.312 e. The minimum Gasteiger partial charge on any atom is -0.449 e. The van der Waals surface area contributed by atoms with Crippen molar-refractivity contribution in [1.82, 2.24) is 9.91 Å². The van der Waals surface area contributed by atoms with Crippen LogP contribution >= 0.6 is 11.6 Å². The van der Waals surface area contributed by atoms with Crippen LogP contribution in [0, 0.1) is 10.1 Å². The molecular formula is C18H19ClN4O3. The second-order valence-electron chi connectivity index (χ2n) is 6.02. The Morgan fingerprint density at radius 3 is 2.58 bits per heavy atom. The Balaban J connectivity index is 1.78. The first-order valence-corrected chi connectivity index (χ1v) is 8.59. The summed E-state index contributed by atoms with van der Waals surface area (Å²) in [5, 5.41) is 18.2. The summed E-state index contributed by atoms with van der Waals surface area (Å²) in [6.45, 7) is 3.57. The minimum absolute atomic E-state index is 0.132. The van der Waals surface area contributed by atoms with E-state index in [9.17, 15) is 10.1 Å². The van der Waals surface area contributed by atoms with E-state index >= 15 is 0 Å². The average molecular weight is 375 g/mol. The summed E-state index contributed by atoms with van der Waals surface area (Å²) in [5.74, 6) is 0.510. The molecule has 0 N–H and O–H groups in total. The maximum atomic E-state index is 11.4. The quantitative estimate of drug-likeness (QED) is 0.454. The van der Waals surface area contributed by atoms with E-state index in [1.807, 2.05) is 5.01 Å². The van der Waals surface area contributed by atoms with Gasteiger partial charge in [0, 0.05) is 37.8 Å². The van der Waals surface area contributed by atoms with Crippen LogP contribution in [-0.2, 0) is 0 Å². The molecule has 3 rings (SSSR count). The smallest absolute Gasteiger partial charge is 0.312 e. The monoisotopic (exact) mass is 374 g/mol. The van der Waals surface area contributed by atoms with Crippen molar-refractivity contribution in [2.75, 3.05) is 33.2 Å². The summed E-state index contributed by atoms with van der Waals surface area (Å²) in [6, 6.07) is 11.6. The van der Waals surface area contributed by atoms with Crippen LogP contribution in [-0.4, -0.2) is 54.3 Å². The van der Waals surface area contributed by atoms with Gasteiger partial charge in [0.15, 0.2) is 0 Å². The van der Waals surface area contributed by atoms with Crippen molar-refractivity contribution in [1.29, 1.82) is 0 Å². The van der Waals surface area contributed by atoms with Gasteiger partial charge in [-0.05, 0) is 31.3 Å². The van der Waals surface area contributed by atoms with Crippen LogP contribution < -0.4 is 4.74 Å². The number of piperazine rings is 1. The number of benzene rings is 2. The molecule has 1 heterocycles. The Kier molecular flexibility index (Phi) is 5.70. The zero-order valence-electron chi connectivity index (χ0n) is 14.3. The summed E-state index contributed by atoms with van der Waals surface area (Å²) in [7, 11) is 2.07. The number of nitro groups is 1. The summed E-state index contributed by atoms with van der Waals surface area (Å²) in [6.07, 6.45) is 1.64. The lowest BCUT2D eigenvalue weighted by Gasteiger charge is -2.30. The lowest BCUT2D eigenvalue weighted by Crippen LogP contribution is -2.41. The first kappa shape index (κ1) is 18.2. The largest absolute Gasteiger partial charge is 0.449 e. The van der Waals surface area contributed by atoms with Gasteiger partial charge in [-0.1, -0.05) is 23.7 Å². The SMILES string of the molecule is CN1CCN(/N=C\c2ccc(Oc3ccccc3Cl)c([N+](=O)[O-])c2)CC1. The molecule has 2 aromatic carbocycles. The maximum absolute atomic E-state index is 11.4. The van der Waals surface area contributed by atoms with Crippen molar-refractivity contribution in [3.8, 4) is 11.5 Å². The third-order valence-corrected chi connectivity index (χ3v) is 4.40. The molecule has 0 radical (unpaired) electrons. The highest BCUT2D eigenvalue weighted by molar-refractivity contribution is 6.32. The van der Waals surface area contributed by atoms with Gasteiger partial charge in [0.05, 0.1) is 16.2 Å². The van der Waals surface area contributed by atoms with E-state index in [0.717, 1.165) is 26.2 Å². The van der Waals surface area contributed by atoms with Gasteiger partial charge in [0.2, 0.25) is 5.75 Å². The molecule has 0 spiro atoms. The molecule has 1 aliphatic rings. The van der Waals surface area contributed by atoms with E-state index in [0.29, 0.717) is 16.3 Å². The van der Waals surface area contributed by atoms with Crippen molar-refractivity contribution in [2.24, 2.45) is 5.10 Å². The Hall–Kier alpha value is -2.64. The molecular weight excluding hydrogens is 356 g/mol. The number of hydrogen-bond acceptors (Lipinski definition) is 6. The molecule has 136 valence electrons. The highest BCUT2D eigenvalue weighted by Gasteiger charge is 2.18. The van der Waals surface area contributed by atoms with Crippen LogP contribution in [0.4, 0.5) is 5.69 Å². The van der Waals surface area contributed by atoms with Crippen LogP contribution in [0.25, 0.3) is 0 Å². The normalized spacial score (nSPS) is 15.4. The molecule has 0 bridgehead atoms. The van der Waals surface area contributed by atoms with Gasteiger partial charge in [0.1, 0.15) is 5.75 Å². The lowest BCUT2D eigenvalue weighted by molar-refractivity contribution is -0.385. The van der Waals surface area contributed by atoms with Gasteiger partial charge < -0.3 is 9.64 Å². The van der Waals surface area contributed by atoms with Gasteiger partial charge in [-0.3, -0.25) is 15.1 Å². The van der Waals surface area contributed by atoms with Crippen LogP contribution in [0.5, 0.6) is 11.5 Å². The number of hydrazone groups is 1. The molecule has 0 aliphatic carbocycles. The van der Waals surface area contributed by atoms with Crippen molar-refractivity contribution in [3.05, 3.63) is 63.2 Å². The van der Waals surface area contributed by atoms with E-state index in [2.05, 4.69) is 17.0 Å². The summed E-state index contributed by atoms with van der Waals surface area (Å²) >= 11 is 6.06. The van der Waals surface area contributed by atoms with E-state index in [1.165, 1.54) is 6.07 Å². The molecule has 0 amide bonds. The number of ether oxygens (including phenoxy) is 1. The Morgan fingerprint density at radius 1 is 1.15 bits per heavy atom. The first-order chi connectivity index (χ1) is 12.5. The van der Waals surface area contributed by atoms with Crippen LogP contribution in [0.1, 0.15) is 5.56 Å². The molecule has 0 saturated carbocycles. The molecule has 1 saturated heterocycles. The summed E-state index contributed by atoms with van der Waals surface area (Å²) in [5.41, 5.74) is 0.509. The van der Waals surface area contributed by atoms with Gasteiger partial charge in [-0.15, -0.1) is 0 Å². The first-order valence-electron chi connectivity index (χ1n) is 8.21. The molecule has 0 unspecified atom stereocenters. The fraction of sp³-hybridized carbons (Fsp3) is 0.278. The number of nitro benzene ring substituents is 1. The van der Waals surface area contributed by atoms with Crippen LogP contribution in [0.3, 0.4) is 0 Å². The standard InChI is InChI=1S/C18H19ClN4O3/c1-21-8-10-22(11-9-21)20-13-14-6-7-18(16(12-14)23(24)25)26-17-5-3-2-4-15(17)19/h2-7,12-13H,8-11H2,1H3/b20-13-. The van der Waals surface area contributed by atoms with Crippen molar-refractivity contribution in [2.45, 2.75) is 0 Å². The molecule has 1 fully saturated rings. The van der Waals surface area contributed by atoms with Gasteiger partial charge >= 0.3 is 5.69 Å². The highest BCUT2D eigenvalue weighted by atomic mass is 35.5. The van der Waals surface area contributed by atoms with Crippen LogP contribution in [0.15, 0.2) is 47.6 Å². The molecule has 26 heavy (non-hydrogen) atoms. The van der Waals surface area contributed by atoms with Crippen LogP contribution in [0.2, 0.25) is 5.02 Å². The fourth-order valence-corrected chi connectivity index (χ4v) is 2.72. The number of para-hydroxylation sites is 1. The molecule has 1 aliphatic heterocycles. The molecule has 0 aromatic heterocycles. The number of hydrogen-bond donors (Lipinski definition) is 0. The third kappa shape index (κ3) is 4.50. The van der Waals surface area contributed by atoms with E-state index in [-0.39, 0.29) is 11.4 Å². The number of rotatable bonds is 5. The van der Waals surface area contributed by atoms with E-state index in [4.69, 9.17) is 16.3 Å². The number of nitrogens with zero attached hydrogens (tertiary/aromatic N) is 4. The van der Waals surface area contributed by atoms with Crippen molar-refractivity contribution >= 4 is 23.5 Å². The number of halogens is 1. The molecule has 2 aromatic rings. The van der Waals surface area contributed by atoms with E-state index in [1.54, 1.807) is 42.6 Å². The molecule has 8 heteroatoms. The third-order valence-electron chi connectivity index (χ3n) is 4.09. The summed E-state index contributed by atoms with van der Waals surface area (Å²) in [4.78, 5) is 13.2. The number of likely N-dealkylation sites (N-methyl/N-ethyl adjacent to an activating group) is 1. The fourth-order valence-electron chi connectivity index (χ4n) is 2.55. The van der Waals surface area contributed by atoms with Gasteiger partial charge in [0.25, 0.3) is 0 Å². The Labute approximate surface area is 156 Å². The summed E-state index contributed by atoms with van der Waals surface area (Å²) < 4.78 is 5.63. The topological polar surface area (TPSA) is 71.2 Å². The predicted molar refractivity (Wildman–Crippen MR) is 101 cm³/mol. The van der Waals surface area contributed by atoms with Gasteiger partial charge in [-0.25, -0.2) is 0 Å². The predicted octanol–water partition coefficient (Wildman–Crippen LogP) is 3.62. The molecule has 7 nitrogen and oxygen atoms in total. The zero-order valence-corrected chi connectivity index (χ0v) is 15.1. The molecule has 0 atom stereocenters. The highest BCUT2D eigenvalue weighted by Crippen LogP contribution is 2.35. The Bertz CT molecular complexity index is 820. The Morgan fingerprint density at radius 2 is 1.88 bits per heavy atom. The van der Waals surface area contributed by atoms with Crippen molar-refractivity contribution < 1.29 is 9.66 Å². The van der Waals surface area contributed by atoms with Gasteiger partial charge in [-0.2, -0.15) is 5.10 Å². The second-order valence-corrected chi connectivity index (χ2v) is 6.43. The second kappa shape index (κ2) is 8.16.